The van der Waals surface area contributed by atoms with Gasteiger partial charge in [0.2, 0.25) is 0 Å². The van der Waals surface area contributed by atoms with Gasteiger partial charge in [-0.05, 0) is 79.3 Å². The van der Waals surface area contributed by atoms with Gasteiger partial charge >= 0.3 is 12.0 Å². The summed E-state index contributed by atoms with van der Waals surface area (Å²) in [7, 11) is 0. The molecule has 2 fully saturated rings. The molecule has 8 heteroatoms. The first kappa shape index (κ1) is 27.6. The van der Waals surface area contributed by atoms with Gasteiger partial charge in [-0.2, -0.15) is 0 Å². The van der Waals surface area contributed by atoms with E-state index in [1.54, 1.807) is 24.3 Å². The van der Waals surface area contributed by atoms with Crippen LogP contribution in [0.2, 0.25) is 0 Å². The normalized spacial score (nSPS) is 20.8. The maximum absolute atomic E-state index is 13.6. The van der Waals surface area contributed by atoms with E-state index in [-0.39, 0.29) is 30.8 Å². The average molecular weight is 524 g/mol. The second-order valence-electron chi connectivity index (χ2n) is 10.7. The molecule has 4 rings (SSSR count). The minimum Gasteiger partial charge on any atom is -0.481 e. The Morgan fingerprint density at radius 1 is 0.895 bits per heavy atom. The monoisotopic (exact) mass is 523 g/mol. The predicted octanol–water partition coefficient (Wildman–Crippen LogP) is 6.28. The van der Waals surface area contributed by atoms with Crippen molar-refractivity contribution in [3.05, 3.63) is 65.5 Å². The molecule has 2 saturated carbocycles. The molecule has 2 aromatic rings. The van der Waals surface area contributed by atoms with Crippen molar-refractivity contribution >= 4 is 23.6 Å². The first-order valence-electron chi connectivity index (χ1n) is 13.8. The van der Waals surface area contributed by atoms with Gasteiger partial charge in [0.25, 0.3) is 5.91 Å². The van der Waals surface area contributed by atoms with E-state index in [9.17, 15) is 18.8 Å². The number of carbonyl (C=O) groups is 3. The van der Waals surface area contributed by atoms with Crippen molar-refractivity contribution in [2.75, 3.05) is 11.9 Å². The van der Waals surface area contributed by atoms with Gasteiger partial charge in [-0.25, -0.2) is 9.18 Å². The quantitative estimate of drug-likeness (QED) is 0.310. The van der Waals surface area contributed by atoms with E-state index in [2.05, 4.69) is 16.0 Å². The SMILES string of the molecule is O=C(O)CCNC(=O)c1ccc(C(NC(=O)Nc2cccc(F)c2)C2CCC(C3CCCCC3)CC2)cc1. The third kappa shape index (κ3) is 7.79. The van der Waals surface area contributed by atoms with E-state index in [1.807, 2.05) is 12.1 Å². The van der Waals surface area contributed by atoms with Crippen LogP contribution in [0.5, 0.6) is 0 Å². The molecule has 2 aliphatic carbocycles. The Bertz CT molecular complexity index is 1090. The molecule has 4 N–H and O–H groups in total. The van der Waals surface area contributed by atoms with Crippen molar-refractivity contribution in [3.8, 4) is 0 Å². The Balaban J connectivity index is 1.44. The fourth-order valence-corrected chi connectivity index (χ4v) is 6.13. The van der Waals surface area contributed by atoms with Crippen LogP contribution in [0.25, 0.3) is 0 Å². The van der Waals surface area contributed by atoms with E-state index < -0.39 is 17.8 Å². The van der Waals surface area contributed by atoms with Crippen LogP contribution < -0.4 is 16.0 Å². The number of amides is 3. The van der Waals surface area contributed by atoms with Gasteiger partial charge < -0.3 is 21.1 Å². The summed E-state index contributed by atoms with van der Waals surface area (Å²) < 4.78 is 13.6. The molecule has 204 valence electrons. The van der Waals surface area contributed by atoms with Gasteiger partial charge in [0, 0.05) is 17.8 Å². The molecule has 0 aliphatic heterocycles. The average Bonchev–Trinajstić information content (AvgIpc) is 2.92. The summed E-state index contributed by atoms with van der Waals surface area (Å²) in [6.45, 7) is 0.0601. The lowest BCUT2D eigenvalue weighted by Crippen LogP contribution is -2.38. The van der Waals surface area contributed by atoms with Gasteiger partial charge in [0.15, 0.2) is 0 Å². The Hall–Kier alpha value is -3.42. The summed E-state index contributed by atoms with van der Waals surface area (Å²) in [5, 5.41) is 17.3. The molecule has 7 nitrogen and oxygen atoms in total. The zero-order chi connectivity index (χ0) is 26.9. The van der Waals surface area contributed by atoms with Crippen molar-refractivity contribution in [3.63, 3.8) is 0 Å². The zero-order valence-corrected chi connectivity index (χ0v) is 21.8. The van der Waals surface area contributed by atoms with Crippen LogP contribution in [0.1, 0.15) is 86.2 Å². The van der Waals surface area contributed by atoms with Gasteiger partial charge in [0.05, 0.1) is 12.5 Å². The number of hydrogen-bond acceptors (Lipinski definition) is 3. The van der Waals surface area contributed by atoms with Gasteiger partial charge in [-0.3, -0.25) is 9.59 Å². The number of nitrogens with one attached hydrogen (secondary N) is 3. The fourth-order valence-electron chi connectivity index (χ4n) is 6.13. The van der Waals surface area contributed by atoms with Crippen LogP contribution in [0, 0.1) is 23.6 Å². The maximum atomic E-state index is 13.6. The second-order valence-corrected chi connectivity index (χ2v) is 10.7. The molecule has 2 aliphatic rings. The number of anilines is 1. The molecule has 0 bridgehead atoms. The van der Waals surface area contributed by atoms with Crippen molar-refractivity contribution in [2.45, 2.75) is 70.3 Å². The van der Waals surface area contributed by atoms with E-state index in [4.69, 9.17) is 5.11 Å². The number of carbonyl (C=O) groups excluding carboxylic acids is 2. The zero-order valence-electron chi connectivity index (χ0n) is 21.8. The summed E-state index contributed by atoms with van der Waals surface area (Å²) in [6, 6.07) is 12.3. The highest BCUT2D eigenvalue weighted by Crippen LogP contribution is 2.43. The molecule has 0 aromatic heterocycles. The molecule has 1 unspecified atom stereocenters. The third-order valence-electron chi connectivity index (χ3n) is 8.13. The molecular weight excluding hydrogens is 485 g/mol. The first-order valence-corrected chi connectivity index (χ1v) is 13.8. The number of benzene rings is 2. The minimum absolute atomic E-state index is 0.0601. The molecule has 2 aromatic carbocycles. The highest BCUT2D eigenvalue weighted by atomic mass is 19.1. The predicted molar refractivity (Wildman–Crippen MR) is 144 cm³/mol. The Labute approximate surface area is 223 Å². The van der Waals surface area contributed by atoms with Crippen LogP contribution in [-0.4, -0.2) is 29.6 Å². The third-order valence-corrected chi connectivity index (χ3v) is 8.13. The summed E-state index contributed by atoms with van der Waals surface area (Å²) in [5.74, 6) is 0.112. The van der Waals surface area contributed by atoms with Gasteiger partial charge in [-0.15, -0.1) is 0 Å². The molecule has 1 atom stereocenters. The van der Waals surface area contributed by atoms with E-state index in [0.717, 1.165) is 43.1 Å². The Morgan fingerprint density at radius 3 is 2.24 bits per heavy atom. The standard InChI is InChI=1S/C30H38FN3O4/c31-25-7-4-8-26(19-25)33-30(38)34-28(22-11-9-21(10-12-22)20-5-2-1-3-6-20)23-13-15-24(16-14-23)29(37)32-18-17-27(35)36/h4,7-8,13-16,19-22,28H,1-3,5-6,9-12,17-18H2,(H,32,37)(H,35,36)(H2,33,34,38). The molecule has 3 amide bonds. The number of urea groups is 1. The topological polar surface area (TPSA) is 108 Å². The first-order chi connectivity index (χ1) is 18.4. The molecule has 38 heavy (non-hydrogen) atoms. The number of carboxylic acids is 1. The van der Waals surface area contributed by atoms with E-state index in [1.165, 1.54) is 44.2 Å². The maximum Gasteiger partial charge on any atom is 0.319 e. The summed E-state index contributed by atoms with van der Waals surface area (Å²) in [6.07, 6.45) is 10.9. The van der Waals surface area contributed by atoms with Crippen LogP contribution in [0.4, 0.5) is 14.9 Å². The van der Waals surface area contributed by atoms with Crippen LogP contribution in [0.3, 0.4) is 0 Å². The number of rotatable bonds is 9. The Kier molecular flexibility index (Phi) is 9.73. The lowest BCUT2D eigenvalue weighted by Gasteiger charge is -2.38. The molecule has 0 spiro atoms. The van der Waals surface area contributed by atoms with E-state index >= 15 is 0 Å². The molecular formula is C30H38FN3O4. The van der Waals surface area contributed by atoms with Gasteiger partial charge in [0.1, 0.15) is 5.82 Å². The lowest BCUT2D eigenvalue weighted by molar-refractivity contribution is -0.136. The van der Waals surface area contributed by atoms with Crippen LogP contribution >= 0.6 is 0 Å². The second kappa shape index (κ2) is 13.4. The Morgan fingerprint density at radius 2 is 1.58 bits per heavy atom. The lowest BCUT2D eigenvalue weighted by atomic mass is 9.69. The van der Waals surface area contributed by atoms with Crippen molar-refractivity contribution in [2.24, 2.45) is 17.8 Å². The summed E-state index contributed by atoms with van der Waals surface area (Å²) in [4.78, 5) is 36.1. The fraction of sp³-hybridized carbons (Fsp3) is 0.500. The highest BCUT2D eigenvalue weighted by Gasteiger charge is 2.33. The molecule has 0 heterocycles. The van der Waals surface area contributed by atoms with Crippen molar-refractivity contribution in [1.82, 2.24) is 10.6 Å². The summed E-state index contributed by atoms with van der Waals surface area (Å²) in [5.41, 5.74) is 1.72. The van der Waals surface area contributed by atoms with Gasteiger partial charge in [-0.1, -0.05) is 50.3 Å². The summed E-state index contributed by atoms with van der Waals surface area (Å²) >= 11 is 0. The molecule has 0 saturated heterocycles. The van der Waals surface area contributed by atoms with Crippen LogP contribution in [0.15, 0.2) is 48.5 Å². The largest absolute Gasteiger partial charge is 0.481 e. The van der Waals surface area contributed by atoms with Crippen LogP contribution in [-0.2, 0) is 4.79 Å². The van der Waals surface area contributed by atoms with Crippen molar-refractivity contribution < 1.29 is 23.9 Å². The number of halogens is 1. The number of hydrogen-bond donors (Lipinski definition) is 4. The smallest absolute Gasteiger partial charge is 0.319 e. The highest BCUT2D eigenvalue weighted by molar-refractivity contribution is 5.94. The minimum atomic E-state index is -0.968. The number of aliphatic carboxylic acids is 1. The van der Waals surface area contributed by atoms with E-state index in [0.29, 0.717) is 11.3 Å². The van der Waals surface area contributed by atoms with Crippen molar-refractivity contribution in [1.29, 1.82) is 0 Å². The number of carboxylic acid groups (broad SMARTS) is 1. The molecule has 0 radical (unpaired) electrons.